The molecule has 0 spiro atoms. The summed E-state index contributed by atoms with van der Waals surface area (Å²) < 4.78 is 49.7. The molecule has 6 nitrogen and oxygen atoms in total. The Balaban J connectivity index is 1.97. The van der Waals surface area contributed by atoms with E-state index >= 15 is 0 Å². The lowest BCUT2D eigenvalue weighted by atomic mass is 9.82. The molecule has 2 fully saturated rings. The highest BCUT2D eigenvalue weighted by Crippen LogP contribution is 2.42. The number of nitrogens with zero attached hydrogens (tertiary/aromatic N) is 1. The number of hydrogen-bond acceptors (Lipinski definition) is 6. The van der Waals surface area contributed by atoms with Crippen LogP contribution in [0.4, 0.5) is 13.2 Å². The number of aliphatic hydroxyl groups is 1. The lowest BCUT2D eigenvalue weighted by molar-refractivity contribution is -0.139. The lowest BCUT2D eigenvalue weighted by Crippen LogP contribution is -2.30. The Bertz CT molecular complexity index is 794. The summed E-state index contributed by atoms with van der Waals surface area (Å²) in [6.45, 7) is -0.197. The van der Waals surface area contributed by atoms with E-state index in [2.05, 4.69) is 4.98 Å². The van der Waals surface area contributed by atoms with Gasteiger partial charge in [0.1, 0.15) is 11.3 Å². The summed E-state index contributed by atoms with van der Waals surface area (Å²) >= 11 is 0. The quantitative estimate of drug-likeness (QED) is 0.342. The van der Waals surface area contributed by atoms with Crippen molar-refractivity contribution in [2.45, 2.75) is 32.0 Å². The normalized spacial score (nSPS) is 24.0. The standard InChI is InChI=1S/C19H20F3NO5/c1-27-6-7-28-9-14-12(19(20,21)22)4-5-13(23-14)18(26)15-16(24)10-2-3-11(8-10)17(15)25/h4-5,10-11,26H,2-3,6-9H2,1H3/t10-,11+. The summed E-state index contributed by atoms with van der Waals surface area (Å²) in [5.74, 6) is -2.25. The van der Waals surface area contributed by atoms with Gasteiger partial charge < -0.3 is 14.6 Å². The number of Topliss-reactive ketones (excluding diaryl/α,β-unsaturated/α-hetero) is 2. The number of aromatic nitrogens is 1. The maximum Gasteiger partial charge on any atom is 0.418 e. The van der Waals surface area contributed by atoms with Crippen molar-refractivity contribution in [1.82, 2.24) is 4.98 Å². The minimum atomic E-state index is -4.66. The highest BCUT2D eigenvalue weighted by molar-refractivity contribution is 6.27. The van der Waals surface area contributed by atoms with Crippen molar-refractivity contribution < 1.29 is 37.3 Å². The van der Waals surface area contributed by atoms with Crippen LogP contribution in [0, 0.1) is 11.8 Å². The zero-order chi connectivity index (χ0) is 20.5. The Labute approximate surface area is 159 Å². The van der Waals surface area contributed by atoms with Crippen LogP contribution >= 0.6 is 0 Å². The van der Waals surface area contributed by atoms with Gasteiger partial charge in [0.2, 0.25) is 0 Å². The fourth-order valence-electron chi connectivity index (χ4n) is 3.66. The van der Waals surface area contributed by atoms with Gasteiger partial charge in [-0.1, -0.05) is 0 Å². The molecular formula is C19H20F3NO5. The lowest BCUT2D eigenvalue weighted by Gasteiger charge is -2.20. The number of aliphatic hydroxyl groups excluding tert-OH is 1. The number of hydrogen-bond donors (Lipinski definition) is 1. The van der Waals surface area contributed by atoms with E-state index in [1.165, 1.54) is 7.11 Å². The summed E-state index contributed by atoms with van der Waals surface area (Å²) in [5, 5.41) is 10.5. The van der Waals surface area contributed by atoms with Crippen molar-refractivity contribution in [2.24, 2.45) is 11.8 Å². The number of carbonyl (C=O) groups is 2. The number of halogens is 3. The second-order valence-electron chi connectivity index (χ2n) is 6.89. The number of carbonyl (C=O) groups excluding carboxylic acids is 2. The van der Waals surface area contributed by atoms with Crippen LogP contribution in [0.5, 0.6) is 0 Å². The minimum Gasteiger partial charge on any atom is -0.505 e. The zero-order valence-electron chi connectivity index (χ0n) is 15.2. The first-order chi connectivity index (χ1) is 13.2. The molecule has 28 heavy (non-hydrogen) atoms. The molecule has 2 aliphatic rings. The molecule has 1 aromatic heterocycles. The smallest absolute Gasteiger partial charge is 0.418 e. The van der Waals surface area contributed by atoms with E-state index in [0.717, 1.165) is 12.1 Å². The first kappa shape index (κ1) is 20.5. The average molecular weight is 399 g/mol. The van der Waals surface area contributed by atoms with Crippen LogP contribution in [0.15, 0.2) is 17.7 Å². The van der Waals surface area contributed by atoms with E-state index in [4.69, 9.17) is 9.47 Å². The van der Waals surface area contributed by atoms with Gasteiger partial charge in [-0.25, -0.2) is 4.98 Å². The van der Waals surface area contributed by atoms with Crippen molar-refractivity contribution in [3.05, 3.63) is 34.7 Å². The summed E-state index contributed by atoms with van der Waals surface area (Å²) in [5.41, 5.74) is -2.05. The number of pyridine rings is 1. The molecule has 3 rings (SSSR count). The summed E-state index contributed by atoms with van der Waals surface area (Å²) in [6.07, 6.45) is -3.05. The van der Waals surface area contributed by atoms with Crippen LogP contribution in [0.1, 0.15) is 36.2 Å². The van der Waals surface area contributed by atoms with Crippen LogP contribution in [-0.4, -0.2) is 42.0 Å². The Kier molecular flexibility index (Phi) is 5.85. The molecule has 1 heterocycles. The van der Waals surface area contributed by atoms with Gasteiger partial charge in [0.05, 0.1) is 31.1 Å². The second-order valence-corrected chi connectivity index (χ2v) is 6.89. The van der Waals surface area contributed by atoms with Gasteiger partial charge in [0.15, 0.2) is 17.3 Å². The summed E-state index contributed by atoms with van der Waals surface area (Å²) in [4.78, 5) is 28.8. The fourth-order valence-corrected chi connectivity index (χ4v) is 3.66. The third-order valence-electron chi connectivity index (χ3n) is 5.10. The van der Waals surface area contributed by atoms with Crippen molar-refractivity contribution >= 4 is 17.3 Å². The molecular weight excluding hydrogens is 379 g/mol. The molecule has 0 saturated heterocycles. The van der Waals surface area contributed by atoms with Gasteiger partial charge in [-0.2, -0.15) is 13.2 Å². The molecule has 1 aromatic rings. The van der Waals surface area contributed by atoms with E-state index < -0.39 is 41.4 Å². The third kappa shape index (κ3) is 3.95. The average Bonchev–Trinajstić information content (AvgIpc) is 3.10. The van der Waals surface area contributed by atoms with Crippen LogP contribution in [0.2, 0.25) is 0 Å². The SMILES string of the molecule is COCCOCc1nc(C(O)=C2C(=O)[C@@H]3CC[C@@H](C3)C2=O)ccc1C(F)(F)F. The minimum absolute atomic E-state index is 0.0626. The van der Waals surface area contributed by atoms with E-state index in [1.807, 2.05) is 0 Å². The molecule has 0 aromatic carbocycles. The van der Waals surface area contributed by atoms with Gasteiger partial charge in [0.25, 0.3) is 0 Å². The van der Waals surface area contributed by atoms with Gasteiger partial charge >= 0.3 is 6.18 Å². The monoisotopic (exact) mass is 399 g/mol. The van der Waals surface area contributed by atoms with E-state index in [-0.39, 0.29) is 36.3 Å². The Morgan fingerprint density at radius 3 is 2.39 bits per heavy atom. The Hall–Kier alpha value is -2.26. The number of allylic oxidation sites excluding steroid dienone is 1. The molecule has 1 N–H and O–H groups in total. The van der Waals surface area contributed by atoms with E-state index in [1.54, 1.807) is 0 Å². The number of ether oxygens (including phenoxy) is 2. The molecule has 2 aliphatic carbocycles. The molecule has 2 atom stereocenters. The van der Waals surface area contributed by atoms with Crippen molar-refractivity contribution in [1.29, 1.82) is 0 Å². The summed E-state index contributed by atoms with van der Waals surface area (Å²) in [7, 11) is 1.43. The number of alkyl halides is 3. The van der Waals surface area contributed by atoms with Gasteiger partial charge in [0, 0.05) is 18.9 Å². The second kappa shape index (κ2) is 8.00. The predicted molar refractivity (Wildman–Crippen MR) is 91.2 cm³/mol. The fraction of sp³-hybridized carbons (Fsp3) is 0.526. The molecule has 0 amide bonds. The Morgan fingerprint density at radius 1 is 1.18 bits per heavy atom. The molecule has 9 heteroatoms. The number of fused-ring (bicyclic) bond motifs is 2. The maximum absolute atomic E-state index is 13.2. The number of methoxy groups -OCH3 is 1. The van der Waals surface area contributed by atoms with Gasteiger partial charge in [-0.3, -0.25) is 9.59 Å². The molecule has 2 bridgehead atoms. The first-order valence-electron chi connectivity index (χ1n) is 8.89. The third-order valence-corrected chi connectivity index (χ3v) is 5.10. The first-order valence-corrected chi connectivity index (χ1v) is 8.89. The Morgan fingerprint density at radius 2 is 1.82 bits per heavy atom. The van der Waals surface area contributed by atoms with Gasteiger partial charge in [-0.05, 0) is 31.4 Å². The summed E-state index contributed by atoms with van der Waals surface area (Å²) in [6, 6.07) is 1.72. The molecule has 152 valence electrons. The van der Waals surface area contributed by atoms with Crippen LogP contribution in [0.25, 0.3) is 5.76 Å². The van der Waals surface area contributed by atoms with Crippen molar-refractivity contribution in [3.63, 3.8) is 0 Å². The van der Waals surface area contributed by atoms with Crippen molar-refractivity contribution in [3.8, 4) is 0 Å². The molecule has 0 radical (unpaired) electrons. The maximum atomic E-state index is 13.2. The van der Waals surface area contributed by atoms with Crippen LogP contribution in [0.3, 0.4) is 0 Å². The molecule has 0 aliphatic heterocycles. The van der Waals surface area contributed by atoms with Crippen molar-refractivity contribution in [2.75, 3.05) is 20.3 Å². The van der Waals surface area contributed by atoms with E-state index in [9.17, 15) is 27.9 Å². The van der Waals surface area contributed by atoms with Crippen LogP contribution < -0.4 is 0 Å². The zero-order valence-corrected chi connectivity index (χ0v) is 15.2. The number of rotatable bonds is 6. The number of ketones is 2. The highest BCUT2D eigenvalue weighted by atomic mass is 19.4. The van der Waals surface area contributed by atoms with E-state index in [0.29, 0.717) is 19.3 Å². The van der Waals surface area contributed by atoms with Gasteiger partial charge in [-0.15, -0.1) is 0 Å². The highest BCUT2D eigenvalue weighted by Gasteiger charge is 2.45. The predicted octanol–water partition coefficient (Wildman–Crippen LogP) is 3.10. The topological polar surface area (TPSA) is 85.7 Å². The molecule has 2 saturated carbocycles. The molecule has 0 unspecified atom stereocenters. The van der Waals surface area contributed by atoms with Crippen LogP contribution in [-0.2, 0) is 31.8 Å². The largest absolute Gasteiger partial charge is 0.505 e.